The molecule has 1 saturated carbocycles. The molecule has 3 rings (SSSR count). The van der Waals surface area contributed by atoms with E-state index in [4.69, 9.17) is 0 Å². The van der Waals surface area contributed by atoms with Gasteiger partial charge in [0.1, 0.15) is 0 Å². The second kappa shape index (κ2) is 11.3. The molecule has 7 nitrogen and oxygen atoms in total. The number of carbonyl (C=O) groups is 1. The fourth-order valence-electron chi connectivity index (χ4n) is 4.77. The van der Waals surface area contributed by atoms with E-state index in [1.54, 1.807) is 16.4 Å². The monoisotopic (exact) mass is 468 g/mol. The molecular formula is C22H33ClN4O3S. The molecule has 1 amide bonds. The van der Waals surface area contributed by atoms with Crippen molar-refractivity contribution in [2.45, 2.75) is 44.6 Å². The molecule has 1 aliphatic carbocycles. The van der Waals surface area contributed by atoms with Crippen molar-refractivity contribution in [3.63, 3.8) is 0 Å². The maximum absolute atomic E-state index is 12.6. The van der Waals surface area contributed by atoms with Crippen molar-refractivity contribution in [1.82, 2.24) is 14.5 Å². The number of nitrogens with one attached hydrogen (secondary N) is 1. The zero-order chi connectivity index (χ0) is 21.6. The van der Waals surface area contributed by atoms with Gasteiger partial charge in [0.2, 0.25) is 10.0 Å². The van der Waals surface area contributed by atoms with E-state index in [2.05, 4.69) is 16.3 Å². The molecule has 1 saturated heterocycles. The number of hydrogen-bond acceptors (Lipinski definition) is 5. The first-order chi connectivity index (χ1) is 14.4. The summed E-state index contributed by atoms with van der Waals surface area (Å²) in [5.74, 6) is 0.0364. The highest BCUT2D eigenvalue weighted by atomic mass is 35.5. The van der Waals surface area contributed by atoms with E-state index in [0.717, 1.165) is 19.3 Å². The van der Waals surface area contributed by atoms with Crippen LogP contribution in [0.15, 0.2) is 30.3 Å². The molecule has 0 bridgehead atoms. The van der Waals surface area contributed by atoms with Crippen LogP contribution in [0.3, 0.4) is 0 Å². The van der Waals surface area contributed by atoms with Gasteiger partial charge >= 0.3 is 0 Å². The fraction of sp³-hybridized carbons (Fsp3) is 0.636. The van der Waals surface area contributed by atoms with Gasteiger partial charge in [-0.1, -0.05) is 31.5 Å². The number of carbonyl (C=O) groups excluding carboxylic acids is 1. The summed E-state index contributed by atoms with van der Waals surface area (Å²) < 4.78 is 26.4. The molecule has 2 atom stereocenters. The predicted octanol–water partition coefficient (Wildman–Crippen LogP) is 2.65. The van der Waals surface area contributed by atoms with Gasteiger partial charge in [0.25, 0.3) is 5.91 Å². The normalized spacial score (nSPS) is 25.2. The van der Waals surface area contributed by atoms with Crippen LogP contribution in [0.5, 0.6) is 0 Å². The quantitative estimate of drug-likeness (QED) is 0.663. The number of rotatable bonds is 7. The van der Waals surface area contributed by atoms with Crippen LogP contribution in [0.2, 0.25) is 0 Å². The second-order valence-electron chi connectivity index (χ2n) is 8.40. The van der Waals surface area contributed by atoms with Gasteiger partial charge in [-0.05, 0) is 37.8 Å². The van der Waals surface area contributed by atoms with Crippen LogP contribution >= 0.6 is 12.4 Å². The molecular weight excluding hydrogens is 436 g/mol. The molecule has 2 unspecified atom stereocenters. The molecule has 0 radical (unpaired) electrons. The molecule has 1 N–H and O–H groups in total. The van der Waals surface area contributed by atoms with Gasteiger partial charge in [-0.25, -0.2) is 8.42 Å². The van der Waals surface area contributed by atoms with Crippen LogP contribution in [-0.4, -0.2) is 67.5 Å². The van der Waals surface area contributed by atoms with Crippen LogP contribution in [0.25, 0.3) is 0 Å². The van der Waals surface area contributed by atoms with Gasteiger partial charge in [0.05, 0.1) is 11.8 Å². The number of benzene rings is 1. The van der Waals surface area contributed by atoms with Gasteiger partial charge in [0.15, 0.2) is 0 Å². The van der Waals surface area contributed by atoms with Crippen LogP contribution in [0.1, 0.15) is 49.4 Å². The van der Waals surface area contributed by atoms with E-state index in [1.807, 2.05) is 25.1 Å². The highest BCUT2D eigenvalue weighted by molar-refractivity contribution is 7.89. The lowest BCUT2D eigenvalue weighted by molar-refractivity contribution is 0.0152. The summed E-state index contributed by atoms with van der Waals surface area (Å²) in [6, 6.07) is 11.6. The summed E-state index contributed by atoms with van der Waals surface area (Å²) >= 11 is 0. The fourth-order valence-corrected chi connectivity index (χ4v) is 6.27. The van der Waals surface area contributed by atoms with Gasteiger partial charge in [-0.3, -0.25) is 9.69 Å². The van der Waals surface area contributed by atoms with Crippen LogP contribution in [0, 0.1) is 17.2 Å². The third-order valence-corrected chi connectivity index (χ3v) is 8.46. The Morgan fingerprint density at radius 2 is 1.90 bits per heavy atom. The van der Waals surface area contributed by atoms with Gasteiger partial charge < -0.3 is 5.32 Å². The van der Waals surface area contributed by atoms with Gasteiger partial charge in [-0.2, -0.15) is 9.57 Å². The first-order valence-corrected chi connectivity index (χ1v) is 12.5. The van der Waals surface area contributed by atoms with Crippen molar-refractivity contribution in [1.29, 1.82) is 5.26 Å². The molecule has 2 fully saturated rings. The summed E-state index contributed by atoms with van der Waals surface area (Å²) in [5.41, 5.74) is 0.319. The molecule has 0 aromatic heterocycles. The zero-order valence-electron chi connectivity index (χ0n) is 18.1. The Labute approximate surface area is 192 Å². The van der Waals surface area contributed by atoms with E-state index in [9.17, 15) is 18.5 Å². The number of hydrogen-bond donors (Lipinski definition) is 1. The van der Waals surface area contributed by atoms with E-state index >= 15 is 0 Å². The molecule has 31 heavy (non-hydrogen) atoms. The maximum Gasteiger partial charge on any atom is 0.251 e. The third kappa shape index (κ3) is 6.19. The molecule has 9 heteroatoms. The minimum Gasteiger partial charge on any atom is -0.350 e. The highest BCUT2D eigenvalue weighted by Crippen LogP contribution is 2.37. The van der Waals surface area contributed by atoms with Gasteiger partial charge in [-0.15, -0.1) is 12.4 Å². The standard InChI is InChI=1S/C22H32N4O3S.ClH/c1-2-15-30(28,29)26-13-11-25(12-14-26)22(10-6-7-19(16-22)17-23)18-24-21(27)20-8-4-3-5-9-20;/h3-5,8-9,19H,2,6-7,10-16,18H2,1H3,(H,24,27);1H. The average molecular weight is 469 g/mol. The van der Waals surface area contributed by atoms with Gasteiger partial charge in [0, 0.05) is 49.7 Å². The SMILES string of the molecule is CCCS(=O)(=O)N1CCN(C2(CNC(=O)c3ccccc3)CCCC(C#N)C2)CC1.Cl. The van der Waals surface area contributed by atoms with E-state index in [0.29, 0.717) is 51.1 Å². The number of sulfonamides is 1. The third-order valence-electron chi connectivity index (χ3n) is 6.38. The van der Waals surface area contributed by atoms with Crippen molar-refractivity contribution in [2.75, 3.05) is 38.5 Å². The maximum atomic E-state index is 12.6. The smallest absolute Gasteiger partial charge is 0.251 e. The summed E-state index contributed by atoms with van der Waals surface area (Å²) in [6.45, 7) is 4.54. The van der Waals surface area contributed by atoms with E-state index < -0.39 is 10.0 Å². The summed E-state index contributed by atoms with van der Waals surface area (Å²) in [6.07, 6.45) is 4.05. The Balaban J connectivity index is 0.00000341. The molecule has 1 heterocycles. The Morgan fingerprint density at radius 1 is 1.23 bits per heavy atom. The molecule has 172 valence electrons. The summed E-state index contributed by atoms with van der Waals surface area (Å²) in [5, 5.41) is 12.6. The highest BCUT2D eigenvalue weighted by Gasteiger charge is 2.43. The molecule has 1 aliphatic heterocycles. The number of nitriles is 1. The van der Waals surface area contributed by atoms with Crippen LogP contribution in [0.4, 0.5) is 0 Å². The van der Waals surface area contributed by atoms with Crippen LogP contribution < -0.4 is 5.32 Å². The lowest BCUT2D eigenvalue weighted by Gasteiger charge is -2.50. The van der Waals surface area contributed by atoms with Crippen molar-refractivity contribution < 1.29 is 13.2 Å². The Kier molecular flexibility index (Phi) is 9.31. The summed E-state index contributed by atoms with van der Waals surface area (Å²) in [7, 11) is -3.20. The molecule has 1 aromatic carbocycles. The minimum atomic E-state index is -3.20. The Morgan fingerprint density at radius 3 is 2.52 bits per heavy atom. The lowest BCUT2D eigenvalue weighted by Crippen LogP contribution is -2.63. The Bertz CT molecular complexity index is 866. The van der Waals surface area contributed by atoms with E-state index in [-0.39, 0.29) is 35.5 Å². The number of nitrogens with zero attached hydrogens (tertiary/aromatic N) is 3. The van der Waals surface area contributed by atoms with Crippen LogP contribution in [-0.2, 0) is 10.0 Å². The zero-order valence-corrected chi connectivity index (χ0v) is 19.8. The first kappa shape index (κ1) is 25.6. The molecule has 0 spiro atoms. The Hall–Kier alpha value is -1.66. The van der Waals surface area contributed by atoms with Crippen molar-refractivity contribution >= 4 is 28.3 Å². The van der Waals surface area contributed by atoms with E-state index in [1.165, 1.54) is 0 Å². The van der Waals surface area contributed by atoms with Crippen molar-refractivity contribution in [3.05, 3.63) is 35.9 Å². The molecule has 1 aromatic rings. The number of piperazine rings is 1. The topological polar surface area (TPSA) is 93.5 Å². The van der Waals surface area contributed by atoms with Crippen molar-refractivity contribution in [2.24, 2.45) is 5.92 Å². The number of halogens is 1. The minimum absolute atomic E-state index is 0. The second-order valence-corrected chi connectivity index (χ2v) is 10.5. The predicted molar refractivity (Wildman–Crippen MR) is 124 cm³/mol. The molecule has 2 aliphatic rings. The number of amides is 1. The summed E-state index contributed by atoms with van der Waals surface area (Å²) in [4.78, 5) is 15.0. The first-order valence-electron chi connectivity index (χ1n) is 10.9. The largest absolute Gasteiger partial charge is 0.350 e. The lowest BCUT2D eigenvalue weighted by atomic mass is 9.74. The average Bonchev–Trinajstić information content (AvgIpc) is 2.78. The van der Waals surface area contributed by atoms with Crippen molar-refractivity contribution in [3.8, 4) is 6.07 Å².